The van der Waals surface area contributed by atoms with Gasteiger partial charge in [0.25, 0.3) is 0 Å². The van der Waals surface area contributed by atoms with Gasteiger partial charge in [-0.25, -0.2) is 0 Å². The number of phenols is 1. The lowest BCUT2D eigenvalue weighted by atomic mass is 10.1. The molecule has 0 aliphatic heterocycles. The Labute approximate surface area is 77.0 Å². The second-order valence-corrected chi connectivity index (χ2v) is 3.16. The van der Waals surface area contributed by atoms with E-state index in [1.165, 1.54) is 6.07 Å². The Morgan fingerprint density at radius 3 is 2.75 bits per heavy atom. The Bertz CT molecular complexity index is 286. The maximum absolute atomic E-state index is 9.18. The normalized spacial score (nSPS) is 10.2. The van der Waals surface area contributed by atoms with Gasteiger partial charge in [0.1, 0.15) is 5.75 Å². The fourth-order valence-electron chi connectivity index (χ4n) is 1.09. The third kappa shape index (κ3) is 1.83. The predicted octanol–water partition coefficient (Wildman–Crippen LogP) is 2.58. The van der Waals surface area contributed by atoms with Gasteiger partial charge >= 0.3 is 0 Å². The van der Waals surface area contributed by atoms with Crippen LogP contribution < -0.4 is 5.73 Å². The quantitative estimate of drug-likeness (QED) is 0.550. The molecule has 0 unspecified atom stereocenters. The summed E-state index contributed by atoms with van der Waals surface area (Å²) in [5, 5.41) is 9.77. The lowest BCUT2D eigenvalue weighted by molar-refractivity contribution is 0.478. The van der Waals surface area contributed by atoms with E-state index in [1.54, 1.807) is 6.07 Å². The second kappa shape index (κ2) is 3.68. The zero-order chi connectivity index (χ0) is 9.14. The van der Waals surface area contributed by atoms with Gasteiger partial charge in [0.05, 0.1) is 5.69 Å². The van der Waals surface area contributed by atoms with Crippen LogP contribution in [0, 0.1) is 0 Å². The van der Waals surface area contributed by atoms with E-state index in [9.17, 15) is 5.11 Å². The molecule has 3 heteroatoms. The summed E-state index contributed by atoms with van der Waals surface area (Å²) in [5.41, 5.74) is 6.90. The minimum Gasteiger partial charge on any atom is -0.506 e. The molecule has 2 nitrogen and oxygen atoms in total. The summed E-state index contributed by atoms with van der Waals surface area (Å²) in [6, 6.07) is 3.21. The molecule has 0 saturated heterocycles. The molecule has 0 aliphatic carbocycles. The number of nitrogens with two attached hydrogens (primary N) is 1. The SMILES string of the molecule is CCCc1cc(N)c(O)cc1Cl. The summed E-state index contributed by atoms with van der Waals surface area (Å²) >= 11 is 5.86. The van der Waals surface area contributed by atoms with Gasteiger partial charge < -0.3 is 10.8 Å². The van der Waals surface area contributed by atoms with Crippen LogP contribution in [0.2, 0.25) is 5.02 Å². The monoisotopic (exact) mass is 185 g/mol. The van der Waals surface area contributed by atoms with E-state index in [1.807, 2.05) is 0 Å². The third-order valence-electron chi connectivity index (χ3n) is 1.72. The maximum atomic E-state index is 9.18. The molecule has 0 aromatic heterocycles. The molecule has 0 fully saturated rings. The van der Waals surface area contributed by atoms with Crippen molar-refractivity contribution in [2.24, 2.45) is 0 Å². The number of benzene rings is 1. The molecule has 12 heavy (non-hydrogen) atoms. The first-order valence-electron chi connectivity index (χ1n) is 3.92. The van der Waals surface area contributed by atoms with E-state index in [0.717, 1.165) is 18.4 Å². The molecule has 3 N–H and O–H groups in total. The van der Waals surface area contributed by atoms with Crippen molar-refractivity contribution in [3.05, 3.63) is 22.7 Å². The lowest BCUT2D eigenvalue weighted by Gasteiger charge is -2.05. The van der Waals surface area contributed by atoms with Crippen LogP contribution in [-0.2, 0) is 6.42 Å². The summed E-state index contributed by atoms with van der Waals surface area (Å²) in [5.74, 6) is 0.0554. The van der Waals surface area contributed by atoms with Crippen LogP contribution in [0.15, 0.2) is 12.1 Å². The van der Waals surface area contributed by atoms with Crippen LogP contribution in [0.3, 0.4) is 0 Å². The zero-order valence-corrected chi connectivity index (χ0v) is 7.73. The smallest absolute Gasteiger partial charge is 0.139 e. The molecule has 66 valence electrons. The van der Waals surface area contributed by atoms with E-state index in [-0.39, 0.29) is 5.75 Å². The van der Waals surface area contributed by atoms with Gasteiger partial charge in [-0.15, -0.1) is 0 Å². The molecular weight excluding hydrogens is 174 g/mol. The number of aryl methyl sites for hydroxylation is 1. The van der Waals surface area contributed by atoms with Crippen LogP contribution in [0.4, 0.5) is 5.69 Å². The average molecular weight is 186 g/mol. The van der Waals surface area contributed by atoms with Gasteiger partial charge in [0.2, 0.25) is 0 Å². The predicted molar refractivity (Wildman–Crippen MR) is 51.5 cm³/mol. The summed E-state index contributed by atoms with van der Waals surface area (Å²) in [6.45, 7) is 2.07. The van der Waals surface area contributed by atoms with Gasteiger partial charge in [0.15, 0.2) is 0 Å². The molecule has 0 saturated carbocycles. The minimum absolute atomic E-state index is 0.0554. The number of phenolic OH excluding ortho intramolecular Hbond substituents is 1. The molecule has 0 spiro atoms. The summed E-state index contributed by atoms with van der Waals surface area (Å²) in [6.07, 6.45) is 1.91. The van der Waals surface area contributed by atoms with Gasteiger partial charge in [-0.2, -0.15) is 0 Å². The lowest BCUT2D eigenvalue weighted by Crippen LogP contribution is -1.91. The molecule has 0 aliphatic rings. The van der Waals surface area contributed by atoms with Crippen molar-refractivity contribution in [3.8, 4) is 5.75 Å². The molecule has 1 aromatic rings. The molecule has 0 heterocycles. The van der Waals surface area contributed by atoms with Crippen molar-refractivity contribution in [3.63, 3.8) is 0 Å². The van der Waals surface area contributed by atoms with Crippen LogP contribution >= 0.6 is 11.6 Å². The molecular formula is C9H12ClNO. The standard InChI is InChI=1S/C9H12ClNO/c1-2-3-6-4-8(11)9(12)5-7(6)10/h4-5,12H,2-3,11H2,1H3. The van der Waals surface area contributed by atoms with E-state index < -0.39 is 0 Å². The number of halogens is 1. The van der Waals surface area contributed by atoms with Crippen LogP contribution in [0.5, 0.6) is 5.75 Å². The van der Waals surface area contributed by atoms with E-state index >= 15 is 0 Å². The van der Waals surface area contributed by atoms with Crippen molar-refractivity contribution in [1.82, 2.24) is 0 Å². The summed E-state index contributed by atoms with van der Waals surface area (Å²) < 4.78 is 0. The first-order valence-corrected chi connectivity index (χ1v) is 4.29. The highest BCUT2D eigenvalue weighted by Gasteiger charge is 2.03. The Morgan fingerprint density at radius 2 is 2.17 bits per heavy atom. The number of aromatic hydroxyl groups is 1. The van der Waals surface area contributed by atoms with Crippen molar-refractivity contribution >= 4 is 17.3 Å². The van der Waals surface area contributed by atoms with Gasteiger partial charge in [-0.05, 0) is 18.1 Å². The molecule has 0 amide bonds. The Hall–Kier alpha value is -0.890. The zero-order valence-electron chi connectivity index (χ0n) is 6.97. The van der Waals surface area contributed by atoms with Crippen molar-refractivity contribution < 1.29 is 5.11 Å². The Balaban J connectivity index is 3.05. The Morgan fingerprint density at radius 1 is 1.50 bits per heavy atom. The van der Waals surface area contributed by atoms with E-state index in [0.29, 0.717) is 10.7 Å². The molecule has 1 rings (SSSR count). The Kier molecular flexibility index (Phi) is 2.82. The highest BCUT2D eigenvalue weighted by atomic mass is 35.5. The fourth-order valence-corrected chi connectivity index (χ4v) is 1.34. The van der Waals surface area contributed by atoms with E-state index in [2.05, 4.69) is 6.92 Å². The molecule has 0 radical (unpaired) electrons. The topological polar surface area (TPSA) is 46.2 Å². The number of hydrogen-bond acceptors (Lipinski definition) is 2. The van der Waals surface area contributed by atoms with Crippen molar-refractivity contribution in [2.45, 2.75) is 19.8 Å². The highest BCUT2D eigenvalue weighted by Crippen LogP contribution is 2.28. The maximum Gasteiger partial charge on any atom is 0.139 e. The fraction of sp³-hybridized carbons (Fsp3) is 0.333. The van der Waals surface area contributed by atoms with Crippen molar-refractivity contribution in [1.29, 1.82) is 0 Å². The summed E-state index contributed by atoms with van der Waals surface area (Å²) in [7, 11) is 0. The van der Waals surface area contributed by atoms with Crippen LogP contribution in [0.1, 0.15) is 18.9 Å². The first kappa shape index (κ1) is 9.20. The largest absolute Gasteiger partial charge is 0.506 e. The second-order valence-electron chi connectivity index (χ2n) is 2.75. The molecule has 0 bridgehead atoms. The van der Waals surface area contributed by atoms with Crippen molar-refractivity contribution in [2.75, 3.05) is 5.73 Å². The van der Waals surface area contributed by atoms with Gasteiger partial charge in [0, 0.05) is 11.1 Å². The molecule has 1 aromatic carbocycles. The highest BCUT2D eigenvalue weighted by molar-refractivity contribution is 6.31. The minimum atomic E-state index is 0.0554. The number of anilines is 1. The number of hydrogen-bond donors (Lipinski definition) is 2. The van der Waals surface area contributed by atoms with E-state index in [4.69, 9.17) is 17.3 Å². The van der Waals surface area contributed by atoms with Crippen LogP contribution in [-0.4, -0.2) is 5.11 Å². The molecule has 0 atom stereocenters. The van der Waals surface area contributed by atoms with Gasteiger partial charge in [-0.3, -0.25) is 0 Å². The first-order chi connectivity index (χ1) is 5.65. The third-order valence-corrected chi connectivity index (χ3v) is 2.07. The summed E-state index contributed by atoms with van der Waals surface area (Å²) in [4.78, 5) is 0. The number of rotatable bonds is 2. The van der Waals surface area contributed by atoms with Crippen LogP contribution in [0.25, 0.3) is 0 Å². The number of nitrogen functional groups attached to an aromatic ring is 1. The average Bonchev–Trinajstić information content (AvgIpc) is 2.01. The van der Waals surface area contributed by atoms with Gasteiger partial charge in [-0.1, -0.05) is 24.9 Å².